The van der Waals surface area contributed by atoms with Gasteiger partial charge in [-0.2, -0.15) is 65.9 Å². The summed E-state index contributed by atoms with van der Waals surface area (Å²) >= 11 is 0. The molecule has 1 fully saturated rings. The average Bonchev–Trinajstić information content (AvgIpc) is 2.57. The molecule has 1 saturated heterocycles. The Hall–Kier alpha value is -1.73. The number of carbonyl (C=O) groups excluding carboxylic acids is 1. The summed E-state index contributed by atoms with van der Waals surface area (Å²) in [6.45, 7) is -2.60. The van der Waals surface area contributed by atoms with Crippen LogP contribution in [0.25, 0.3) is 0 Å². The molecule has 1 unspecified atom stereocenters. The Balaban J connectivity index is 0.0000102. The highest BCUT2D eigenvalue weighted by atomic mass is 19.4. The first-order valence-electron chi connectivity index (χ1n) is 7.34. The molecule has 1 heterocycles. The van der Waals surface area contributed by atoms with Crippen LogP contribution in [0.5, 0.6) is 0 Å². The number of piperidine rings is 1. The van der Waals surface area contributed by atoms with Gasteiger partial charge in [-0.1, -0.05) is 7.43 Å². The lowest BCUT2D eigenvalue weighted by Gasteiger charge is -2.54. The highest BCUT2D eigenvalue weighted by Gasteiger charge is 3.00. The molecule has 0 spiro atoms. The first kappa shape index (κ1) is 31.3. The number of hydrogen-bond acceptors (Lipinski definition) is 4. The van der Waals surface area contributed by atoms with Gasteiger partial charge in [-0.3, -0.25) is 0 Å². The fraction of sp³-hybridized carbons (Fsp3) is 0.923. The molecule has 0 aliphatic carbocycles. The van der Waals surface area contributed by atoms with Crippen molar-refractivity contribution in [3.63, 3.8) is 0 Å². The van der Waals surface area contributed by atoms with Crippen LogP contribution in [0.4, 0.5) is 70.2 Å². The minimum absolute atomic E-state index is 0. The molecule has 0 aromatic carbocycles. The van der Waals surface area contributed by atoms with E-state index in [9.17, 15) is 75.0 Å². The van der Waals surface area contributed by atoms with E-state index >= 15 is 0 Å². The summed E-state index contributed by atoms with van der Waals surface area (Å²) in [5, 5.41) is 0. The number of esters is 1. The molecule has 0 N–H and O–H groups in total. The highest BCUT2D eigenvalue weighted by molar-refractivity contribution is 5.82. The molecule has 0 bridgehead atoms. The van der Waals surface area contributed by atoms with Crippen LogP contribution >= 0.6 is 0 Å². The van der Waals surface area contributed by atoms with Crippen LogP contribution in [0.15, 0.2) is 0 Å². The summed E-state index contributed by atoms with van der Waals surface area (Å²) in [6, 6.07) is -24.1. The molecular formula is C13H11F16NO3. The van der Waals surface area contributed by atoms with Crippen molar-refractivity contribution < 1.29 is 84.5 Å². The van der Waals surface area contributed by atoms with Crippen molar-refractivity contribution in [2.45, 2.75) is 55.2 Å². The Labute approximate surface area is 172 Å². The highest BCUT2D eigenvalue weighted by Crippen LogP contribution is 2.68. The molecule has 20 heteroatoms. The van der Waals surface area contributed by atoms with E-state index in [2.05, 4.69) is 9.47 Å². The van der Waals surface area contributed by atoms with Crippen molar-refractivity contribution in [1.82, 2.24) is 4.90 Å². The van der Waals surface area contributed by atoms with Gasteiger partial charge in [0.15, 0.2) is 0 Å². The number of ether oxygens (including phenoxy) is 2. The molecule has 1 rings (SSSR count). The van der Waals surface area contributed by atoms with Crippen molar-refractivity contribution in [3.8, 4) is 0 Å². The molecule has 1 aliphatic heterocycles. The largest absolute Gasteiger partial charge is 0.460 e. The summed E-state index contributed by atoms with van der Waals surface area (Å²) in [7, 11) is 0.730. The van der Waals surface area contributed by atoms with Gasteiger partial charge in [0, 0.05) is 7.11 Å². The number of methoxy groups -OCH3 is 1. The van der Waals surface area contributed by atoms with Gasteiger partial charge in [0.05, 0.1) is 6.61 Å². The summed E-state index contributed by atoms with van der Waals surface area (Å²) in [5.41, 5.74) is -7.47. The van der Waals surface area contributed by atoms with Crippen LogP contribution in [0, 0.1) is 0 Å². The Morgan fingerprint density at radius 2 is 1.09 bits per heavy atom. The van der Waals surface area contributed by atoms with E-state index in [0.717, 1.165) is 7.11 Å². The zero-order valence-electron chi connectivity index (χ0n) is 14.6. The van der Waals surface area contributed by atoms with E-state index in [1.54, 1.807) is 0 Å². The zero-order valence-corrected chi connectivity index (χ0v) is 14.6. The molecule has 1 aliphatic rings. The van der Waals surface area contributed by atoms with Crippen LogP contribution in [0.2, 0.25) is 0 Å². The third-order valence-corrected chi connectivity index (χ3v) is 3.99. The van der Waals surface area contributed by atoms with Crippen LogP contribution in [-0.4, -0.2) is 78.9 Å². The van der Waals surface area contributed by atoms with Gasteiger partial charge in [-0.15, -0.1) is 4.90 Å². The molecular weight excluding hydrogens is 522 g/mol. The quantitative estimate of drug-likeness (QED) is 0.207. The Morgan fingerprint density at radius 3 is 1.39 bits per heavy atom. The van der Waals surface area contributed by atoms with E-state index < -0.39 is 71.8 Å². The van der Waals surface area contributed by atoms with Crippen molar-refractivity contribution >= 4 is 5.97 Å². The lowest BCUT2D eigenvalue weighted by atomic mass is 9.90. The summed E-state index contributed by atoms with van der Waals surface area (Å²) in [5.74, 6) is -27.8. The second kappa shape index (κ2) is 8.19. The number of likely N-dealkylation sites (tertiary alicyclic amines) is 1. The van der Waals surface area contributed by atoms with E-state index in [0.29, 0.717) is 0 Å². The van der Waals surface area contributed by atoms with Gasteiger partial charge >= 0.3 is 53.7 Å². The molecule has 4 nitrogen and oxygen atoms in total. The Morgan fingerprint density at radius 1 is 0.727 bits per heavy atom. The normalized spacial score (nSPS) is 25.5. The zero-order chi connectivity index (χ0) is 26.0. The van der Waals surface area contributed by atoms with Gasteiger partial charge in [-0.05, 0) is 0 Å². The van der Waals surface area contributed by atoms with Gasteiger partial charge in [0.1, 0.15) is 6.61 Å². The minimum Gasteiger partial charge on any atom is -0.460 e. The van der Waals surface area contributed by atoms with Crippen LogP contribution < -0.4 is 0 Å². The average molecular weight is 533 g/mol. The smallest absolute Gasteiger partial charge is 0.441 e. The number of hydrogen-bond donors (Lipinski definition) is 0. The number of carbonyl (C=O) groups is 1. The fourth-order valence-electron chi connectivity index (χ4n) is 2.27. The first-order chi connectivity index (χ1) is 13.8. The minimum atomic E-state index is -8.09. The molecule has 1 atom stereocenters. The molecule has 0 aromatic rings. The SMILES string of the molecule is C.COCCOC(=O)C(F)(C(F)(F)F)C(F)(F)N1C(F)(F)C(F)(F)C(F)(F)C(F)(F)C1(F)F. The van der Waals surface area contributed by atoms with Crippen molar-refractivity contribution in [2.24, 2.45) is 0 Å². The maximum atomic E-state index is 14.3. The Kier molecular flexibility index (Phi) is 7.76. The summed E-state index contributed by atoms with van der Waals surface area (Å²) < 4.78 is 223. The van der Waals surface area contributed by atoms with E-state index in [1.165, 1.54) is 0 Å². The predicted molar refractivity (Wildman–Crippen MR) is 71.0 cm³/mol. The maximum Gasteiger partial charge on any atom is 0.441 e. The van der Waals surface area contributed by atoms with Crippen molar-refractivity contribution in [2.75, 3.05) is 20.3 Å². The van der Waals surface area contributed by atoms with Gasteiger partial charge < -0.3 is 9.47 Å². The lowest BCUT2D eigenvalue weighted by molar-refractivity contribution is -0.546. The molecule has 0 aromatic heterocycles. The molecule has 33 heavy (non-hydrogen) atoms. The van der Waals surface area contributed by atoms with Crippen LogP contribution in [0.3, 0.4) is 0 Å². The van der Waals surface area contributed by atoms with E-state index in [4.69, 9.17) is 0 Å². The monoisotopic (exact) mass is 533 g/mol. The van der Waals surface area contributed by atoms with Crippen LogP contribution in [-0.2, 0) is 14.3 Å². The maximum absolute atomic E-state index is 14.3. The number of alkyl halides is 16. The number of rotatable bonds is 6. The first-order valence-corrected chi connectivity index (χ1v) is 7.34. The number of nitrogens with zero attached hydrogens (tertiary/aromatic N) is 1. The third kappa shape index (κ3) is 3.66. The predicted octanol–water partition coefficient (Wildman–Crippen LogP) is 5.08. The number of halogens is 16. The van der Waals surface area contributed by atoms with Crippen LogP contribution in [0.1, 0.15) is 7.43 Å². The molecule has 198 valence electrons. The van der Waals surface area contributed by atoms with E-state index in [1.807, 2.05) is 0 Å². The molecule has 0 radical (unpaired) electrons. The van der Waals surface area contributed by atoms with Crippen molar-refractivity contribution in [1.29, 1.82) is 0 Å². The van der Waals surface area contributed by atoms with Gasteiger partial charge in [0.25, 0.3) is 0 Å². The second-order valence-corrected chi connectivity index (χ2v) is 5.97. The molecule has 0 saturated carbocycles. The molecule has 0 amide bonds. The summed E-state index contributed by atoms with van der Waals surface area (Å²) in [6.07, 6.45) is -7.59. The second-order valence-electron chi connectivity index (χ2n) is 5.97. The lowest BCUT2D eigenvalue weighted by Crippen LogP contribution is -2.87. The van der Waals surface area contributed by atoms with Gasteiger partial charge in [0.2, 0.25) is 0 Å². The third-order valence-electron chi connectivity index (χ3n) is 3.99. The fourth-order valence-corrected chi connectivity index (χ4v) is 2.27. The standard InChI is InChI=1S/C12H7F16NO3.CH4/c1-31-2-3-32-4(30)5(13,9(20,21)22)10(23,24)29-11(25,26)7(16,17)6(14,15)8(18,19)12(29,27)28;/h2-3H2,1H3;1H4. The van der Waals surface area contributed by atoms with E-state index in [-0.39, 0.29) is 7.43 Å². The van der Waals surface area contributed by atoms with Gasteiger partial charge in [-0.25, -0.2) is 9.18 Å². The summed E-state index contributed by atoms with van der Waals surface area (Å²) in [4.78, 5) is 6.85. The van der Waals surface area contributed by atoms with Crippen molar-refractivity contribution in [3.05, 3.63) is 0 Å². The topological polar surface area (TPSA) is 38.8 Å². The Bertz CT molecular complexity index is 706.